The highest BCUT2D eigenvalue weighted by Gasteiger charge is 2.02. The van der Waals surface area contributed by atoms with Crippen LogP contribution >= 0.6 is 11.6 Å². The number of methoxy groups -OCH3 is 1. The molecule has 1 aromatic carbocycles. The molecule has 0 aliphatic carbocycles. The van der Waals surface area contributed by atoms with Crippen LogP contribution in [0.5, 0.6) is 17.4 Å². The van der Waals surface area contributed by atoms with Gasteiger partial charge in [0.15, 0.2) is 0 Å². The summed E-state index contributed by atoms with van der Waals surface area (Å²) in [5.41, 5.74) is 0. The van der Waals surface area contributed by atoms with Crippen molar-refractivity contribution >= 4 is 11.6 Å². The zero-order chi connectivity index (χ0) is 11.4. The van der Waals surface area contributed by atoms with Crippen LogP contribution in [0.25, 0.3) is 0 Å². The molecule has 0 bridgehead atoms. The van der Waals surface area contributed by atoms with E-state index in [4.69, 9.17) is 21.1 Å². The molecule has 0 aliphatic rings. The Kier molecular flexibility index (Phi) is 3.22. The minimum atomic E-state index is 0.458. The van der Waals surface area contributed by atoms with Crippen LogP contribution in [-0.2, 0) is 0 Å². The van der Waals surface area contributed by atoms with E-state index in [2.05, 4.69) is 9.97 Å². The van der Waals surface area contributed by atoms with Gasteiger partial charge in [-0.3, -0.25) is 0 Å². The highest BCUT2D eigenvalue weighted by atomic mass is 35.5. The van der Waals surface area contributed by atoms with Crippen molar-refractivity contribution in [2.75, 3.05) is 7.11 Å². The number of hydrogen-bond donors (Lipinski definition) is 0. The van der Waals surface area contributed by atoms with Gasteiger partial charge in [-0.2, -0.15) is 0 Å². The van der Waals surface area contributed by atoms with Gasteiger partial charge in [0, 0.05) is 23.4 Å². The van der Waals surface area contributed by atoms with Gasteiger partial charge in [0.25, 0.3) is 0 Å². The molecule has 82 valence electrons. The van der Waals surface area contributed by atoms with Crippen LogP contribution in [0.2, 0.25) is 5.02 Å². The number of nitrogens with zero attached hydrogens (tertiary/aromatic N) is 2. The third kappa shape index (κ3) is 2.61. The van der Waals surface area contributed by atoms with Crippen molar-refractivity contribution < 1.29 is 9.47 Å². The van der Waals surface area contributed by atoms with Gasteiger partial charge >= 0.3 is 0 Å². The number of rotatable bonds is 3. The first kappa shape index (κ1) is 10.7. The first-order chi connectivity index (χ1) is 7.78. The zero-order valence-corrected chi connectivity index (χ0v) is 9.31. The third-order valence-electron chi connectivity index (χ3n) is 1.86. The Morgan fingerprint density at radius 1 is 1.19 bits per heavy atom. The zero-order valence-electron chi connectivity index (χ0n) is 8.55. The molecule has 2 rings (SSSR count). The largest absolute Gasteiger partial charge is 0.497 e. The van der Waals surface area contributed by atoms with E-state index in [0.717, 1.165) is 0 Å². The molecule has 0 atom stereocenters. The Morgan fingerprint density at radius 2 is 2.00 bits per heavy atom. The lowest BCUT2D eigenvalue weighted by atomic mass is 10.3. The van der Waals surface area contributed by atoms with Crippen molar-refractivity contribution in [2.45, 2.75) is 0 Å². The maximum Gasteiger partial charge on any atom is 0.222 e. The third-order valence-corrected chi connectivity index (χ3v) is 2.08. The van der Waals surface area contributed by atoms with Crippen LogP contribution in [0.1, 0.15) is 0 Å². The maximum absolute atomic E-state index is 5.90. The number of benzene rings is 1. The van der Waals surface area contributed by atoms with Crippen LogP contribution < -0.4 is 9.47 Å². The quantitative estimate of drug-likeness (QED) is 0.822. The highest BCUT2D eigenvalue weighted by molar-refractivity contribution is 6.30. The van der Waals surface area contributed by atoms with Crippen molar-refractivity contribution in [1.29, 1.82) is 0 Å². The lowest BCUT2D eigenvalue weighted by Gasteiger charge is -2.06. The fourth-order valence-corrected chi connectivity index (χ4v) is 1.39. The molecule has 0 amide bonds. The van der Waals surface area contributed by atoms with Crippen LogP contribution in [0.3, 0.4) is 0 Å². The van der Waals surface area contributed by atoms with Crippen LogP contribution in [-0.4, -0.2) is 17.1 Å². The summed E-state index contributed by atoms with van der Waals surface area (Å²) in [5.74, 6) is 1.67. The van der Waals surface area contributed by atoms with Crippen LogP contribution in [0.15, 0.2) is 36.8 Å². The second-order valence-corrected chi connectivity index (χ2v) is 3.41. The predicted molar refractivity (Wildman–Crippen MR) is 60.1 cm³/mol. The van der Waals surface area contributed by atoms with E-state index in [-0.39, 0.29) is 0 Å². The van der Waals surface area contributed by atoms with Gasteiger partial charge in [0.05, 0.1) is 7.11 Å². The van der Waals surface area contributed by atoms with Crippen molar-refractivity contribution in [1.82, 2.24) is 9.97 Å². The minimum Gasteiger partial charge on any atom is -0.497 e. The first-order valence-corrected chi connectivity index (χ1v) is 4.94. The molecular weight excluding hydrogens is 228 g/mol. The number of hydrogen-bond acceptors (Lipinski definition) is 4. The summed E-state index contributed by atoms with van der Waals surface area (Å²) in [6, 6.07) is 6.78. The Balaban J connectivity index is 2.24. The van der Waals surface area contributed by atoms with Gasteiger partial charge in [0.1, 0.15) is 17.8 Å². The summed E-state index contributed by atoms with van der Waals surface area (Å²) in [4.78, 5) is 7.74. The summed E-state index contributed by atoms with van der Waals surface area (Å²) in [7, 11) is 1.57. The minimum absolute atomic E-state index is 0.458. The molecule has 0 unspecified atom stereocenters. The average Bonchev–Trinajstić information content (AvgIpc) is 2.29. The molecule has 0 radical (unpaired) electrons. The molecule has 2 aromatic rings. The van der Waals surface area contributed by atoms with Crippen molar-refractivity contribution in [3.63, 3.8) is 0 Å². The van der Waals surface area contributed by atoms with Gasteiger partial charge in [-0.1, -0.05) is 11.6 Å². The first-order valence-electron chi connectivity index (χ1n) is 4.56. The molecule has 16 heavy (non-hydrogen) atoms. The Morgan fingerprint density at radius 3 is 2.69 bits per heavy atom. The second-order valence-electron chi connectivity index (χ2n) is 2.98. The SMILES string of the molecule is COc1cc(Cl)cc(Oc2ccncn2)c1. The average molecular weight is 237 g/mol. The molecule has 0 fully saturated rings. The second kappa shape index (κ2) is 4.81. The Bertz CT molecular complexity index is 477. The fourth-order valence-electron chi connectivity index (χ4n) is 1.17. The molecule has 0 aliphatic heterocycles. The number of ether oxygens (including phenoxy) is 2. The van der Waals surface area contributed by atoms with Gasteiger partial charge in [0.2, 0.25) is 5.88 Å². The lowest BCUT2D eigenvalue weighted by Crippen LogP contribution is -1.89. The normalized spacial score (nSPS) is 9.88. The summed E-state index contributed by atoms with van der Waals surface area (Å²) in [6.45, 7) is 0. The molecule has 0 spiro atoms. The molecule has 0 saturated heterocycles. The Hall–Kier alpha value is -1.81. The molecular formula is C11H9ClN2O2. The van der Waals surface area contributed by atoms with E-state index in [1.165, 1.54) is 6.33 Å². The van der Waals surface area contributed by atoms with E-state index in [0.29, 0.717) is 22.4 Å². The number of aromatic nitrogens is 2. The molecule has 0 N–H and O–H groups in total. The van der Waals surface area contributed by atoms with Gasteiger partial charge in [-0.05, 0) is 12.1 Å². The highest BCUT2D eigenvalue weighted by Crippen LogP contribution is 2.28. The maximum atomic E-state index is 5.90. The predicted octanol–water partition coefficient (Wildman–Crippen LogP) is 2.93. The van der Waals surface area contributed by atoms with Gasteiger partial charge in [-0.25, -0.2) is 9.97 Å². The van der Waals surface area contributed by atoms with E-state index >= 15 is 0 Å². The van der Waals surface area contributed by atoms with E-state index in [1.807, 2.05) is 0 Å². The fraction of sp³-hybridized carbons (Fsp3) is 0.0909. The van der Waals surface area contributed by atoms with E-state index in [1.54, 1.807) is 37.6 Å². The van der Waals surface area contributed by atoms with Gasteiger partial charge < -0.3 is 9.47 Å². The van der Waals surface area contributed by atoms with Crippen molar-refractivity contribution in [2.24, 2.45) is 0 Å². The molecule has 0 saturated carbocycles. The van der Waals surface area contributed by atoms with Crippen LogP contribution in [0.4, 0.5) is 0 Å². The van der Waals surface area contributed by atoms with E-state index in [9.17, 15) is 0 Å². The van der Waals surface area contributed by atoms with Crippen molar-refractivity contribution in [3.05, 3.63) is 41.8 Å². The monoisotopic (exact) mass is 236 g/mol. The van der Waals surface area contributed by atoms with E-state index < -0.39 is 0 Å². The molecule has 1 aromatic heterocycles. The topological polar surface area (TPSA) is 44.2 Å². The van der Waals surface area contributed by atoms with Crippen molar-refractivity contribution in [3.8, 4) is 17.4 Å². The van der Waals surface area contributed by atoms with Crippen LogP contribution in [0, 0.1) is 0 Å². The smallest absolute Gasteiger partial charge is 0.222 e. The summed E-state index contributed by atoms with van der Waals surface area (Å²) < 4.78 is 10.6. The molecule has 1 heterocycles. The summed E-state index contributed by atoms with van der Waals surface area (Å²) in [5, 5.41) is 0.545. The number of halogens is 1. The van der Waals surface area contributed by atoms with Gasteiger partial charge in [-0.15, -0.1) is 0 Å². The summed E-state index contributed by atoms with van der Waals surface area (Å²) >= 11 is 5.90. The molecule has 4 nitrogen and oxygen atoms in total. The Labute approximate surface area is 97.8 Å². The summed E-state index contributed by atoms with van der Waals surface area (Å²) in [6.07, 6.45) is 3.02. The lowest BCUT2D eigenvalue weighted by molar-refractivity contribution is 0.407. The molecule has 5 heteroatoms. The standard InChI is InChI=1S/C11H9ClN2O2/c1-15-9-4-8(12)5-10(6-9)16-11-2-3-13-7-14-11/h2-7H,1H3.